The number of ether oxygens (including phenoxy) is 1. The Balaban J connectivity index is 2.52. The Morgan fingerprint density at radius 3 is 2.47 bits per heavy atom. The SMILES string of the molecule is CCOC(=O)C(C)(CCN(CC)C1CCCC1)NC. The molecule has 0 heterocycles. The average Bonchev–Trinajstić information content (AvgIpc) is 2.93. The Kier molecular flexibility index (Phi) is 6.80. The molecule has 0 spiro atoms. The Morgan fingerprint density at radius 1 is 1.37 bits per heavy atom. The number of carbonyl (C=O) groups is 1. The number of nitrogens with one attached hydrogen (secondary N) is 1. The van der Waals surface area contributed by atoms with Crippen molar-refractivity contribution < 1.29 is 9.53 Å². The van der Waals surface area contributed by atoms with Crippen molar-refractivity contribution in [2.24, 2.45) is 0 Å². The molecule has 0 amide bonds. The first-order valence-corrected chi connectivity index (χ1v) is 7.67. The number of rotatable bonds is 8. The van der Waals surface area contributed by atoms with Gasteiger partial charge in [0.2, 0.25) is 0 Å². The third-order valence-corrected chi connectivity index (χ3v) is 4.42. The molecule has 1 rings (SSSR count). The van der Waals surface area contributed by atoms with Gasteiger partial charge in [-0.2, -0.15) is 0 Å². The zero-order valence-electron chi connectivity index (χ0n) is 13.0. The Morgan fingerprint density at radius 2 is 2.00 bits per heavy atom. The molecule has 1 saturated carbocycles. The van der Waals surface area contributed by atoms with Crippen LogP contribution in [0.25, 0.3) is 0 Å². The molecule has 1 aliphatic carbocycles. The predicted octanol–water partition coefficient (Wildman–Crippen LogP) is 2.18. The standard InChI is InChI=1S/C15H30N2O2/c1-5-17(13-9-7-8-10-13)12-11-15(3,16-4)14(18)19-6-2/h13,16H,5-12H2,1-4H3. The minimum atomic E-state index is -0.567. The van der Waals surface area contributed by atoms with Crippen LogP contribution in [0.4, 0.5) is 0 Å². The monoisotopic (exact) mass is 270 g/mol. The summed E-state index contributed by atoms with van der Waals surface area (Å²) in [6.07, 6.45) is 6.12. The fourth-order valence-corrected chi connectivity index (χ4v) is 2.86. The van der Waals surface area contributed by atoms with Crippen molar-refractivity contribution in [1.29, 1.82) is 0 Å². The third kappa shape index (κ3) is 4.46. The maximum atomic E-state index is 12.0. The molecule has 0 bridgehead atoms. The molecule has 0 aromatic rings. The molecule has 112 valence electrons. The molecule has 0 aliphatic heterocycles. The molecule has 1 fully saturated rings. The number of carbonyl (C=O) groups excluding carboxylic acids is 1. The van der Waals surface area contributed by atoms with E-state index in [9.17, 15) is 4.79 Å². The number of esters is 1. The van der Waals surface area contributed by atoms with Crippen LogP contribution in [0, 0.1) is 0 Å². The molecule has 19 heavy (non-hydrogen) atoms. The first-order chi connectivity index (χ1) is 9.07. The Bertz CT molecular complexity index is 277. The van der Waals surface area contributed by atoms with Gasteiger partial charge in [0, 0.05) is 12.6 Å². The Labute approximate surface area is 117 Å². The summed E-state index contributed by atoms with van der Waals surface area (Å²) >= 11 is 0. The average molecular weight is 270 g/mol. The number of hydrogen-bond donors (Lipinski definition) is 1. The van der Waals surface area contributed by atoms with E-state index in [1.807, 2.05) is 20.9 Å². The molecule has 0 aromatic heterocycles. The van der Waals surface area contributed by atoms with Crippen LogP contribution in [0.1, 0.15) is 52.9 Å². The topological polar surface area (TPSA) is 41.6 Å². The fraction of sp³-hybridized carbons (Fsp3) is 0.933. The summed E-state index contributed by atoms with van der Waals surface area (Å²) in [4.78, 5) is 14.5. The van der Waals surface area contributed by atoms with E-state index < -0.39 is 5.54 Å². The zero-order chi connectivity index (χ0) is 14.3. The molecule has 1 unspecified atom stereocenters. The van der Waals surface area contributed by atoms with Gasteiger partial charge in [-0.3, -0.25) is 4.79 Å². The van der Waals surface area contributed by atoms with Gasteiger partial charge >= 0.3 is 5.97 Å². The highest BCUT2D eigenvalue weighted by Gasteiger charge is 2.34. The molecule has 0 aromatic carbocycles. The summed E-state index contributed by atoms with van der Waals surface area (Å²) in [5, 5.41) is 3.13. The molecule has 1 aliphatic rings. The van der Waals surface area contributed by atoms with Crippen molar-refractivity contribution in [1.82, 2.24) is 10.2 Å². The van der Waals surface area contributed by atoms with Crippen LogP contribution < -0.4 is 5.32 Å². The lowest BCUT2D eigenvalue weighted by molar-refractivity contribution is -0.150. The Hall–Kier alpha value is -0.610. The predicted molar refractivity (Wildman–Crippen MR) is 78.2 cm³/mol. The first kappa shape index (κ1) is 16.4. The van der Waals surface area contributed by atoms with E-state index in [2.05, 4.69) is 17.1 Å². The summed E-state index contributed by atoms with van der Waals surface area (Å²) in [7, 11) is 1.84. The van der Waals surface area contributed by atoms with Gasteiger partial charge < -0.3 is 15.0 Å². The van der Waals surface area contributed by atoms with Gasteiger partial charge in [0.15, 0.2) is 0 Å². The molecule has 1 atom stereocenters. The molecule has 0 saturated heterocycles. The highest BCUT2D eigenvalue weighted by molar-refractivity contribution is 5.80. The number of likely N-dealkylation sites (N-methyl/N-ethyl adjacent to an activating group) is 1. The van der Waals surface area contributed by atoms with Crippen LogP contribution in [0.2, 0.25) is 0 Å². The van der Waals surface area contributed by atoms with E-state index in [0.717, 1.165) is 19.5 Å². The van der Waals surface area contributed by atoms with E-state index in [-0.39, 0.29) is 5.97 Å². The van der Waals surface area contributed by atoms with Gasteiger partial charge in [-0.1, -0.05) is 19.8 Å². The lowest BCUT2D eigenvalue weighted by Crippen LogP contribution is -2.51. The maximum absolute atomic E-state index is 12.0. The van der Waals surface area contributed by atoms with Gasteiger partial charge in [-0.15, -0.1) is 0 Å². The van der Waals surface area contributed by atoms with E-state index in [1.54, 1.807) is 0 Å². The van der Waals surface area contributed by atoms with E-state index in [0.29, 0.717) is 12.6 Å². The van der Waals surface area contributed by atoms with Crippen molar-refractivity contribution in [3.63, 3.8) is 0 Å². The largest absolute Gasteiger partial charge is 0.465 e. The minimum Gasteiger partial charge on any atom is -0.465 e. The van der Waals surface area contributed by atoms with Gasteiger partial charge in [0.05, 0.1) is 6.61 Å². The van der Waals surface area contributed by atoms with Crippen LogP contribution in [0.5, 0.6) is 0 Å². The van der Waals surface area contributed by atoms with Crippen LogP contribution >= 0.6 is 0 Å². The zero-order valence-corrected chi connectivity index (χ0v) is 13.0. The molecule has 4 nitrogen and oxygen atoms in total. The minimum absolute atomic E-state index is 0.139. The fourth-order valence-electron chi connectivity index (χ4n) is 2.86. The van der Waals surface area contributed by atoms with Crippen molar-refractivity contribution in [3.05, 3.63) is 0 Å². The van der Waals surface area contributed by atoms with Gasteiger partial charge in [0.1, 0.15) is 5.54 Å². The van der Waals surface area contributed by atoms with Crippen LogP contribution in [0.15, 0.2) is 0 Å². The lowest BCUT2D eigenvalue weighted by atomic mass is 9.97. The van der Waals surface area contributed by atoms with Crippen molar-refractivity contribution in [3.8, 4) is 0 Å². The highest BCUT2D eigenvalue weighted by atomic mass is 16.5. The second-order valence-electron chi connectivity index (χ2n) is 5.62. The second-order valence-corrected chi connectivity index (χ2v) is 5.62. The summed E-state index contributed by atoms with van der Waals surface area (Å²) in [5.41, 5.74) is -0.567. The van der Waals surface area contributed by atoms with Crippen LogP contribution in [-0.4, -0.2) is 49.2 Å². The van der Waals surface area contributed by atoms with Gasteiger partial charge in [0.25, 0.3) is 0 Å². The molecular formula is C15H30N2O2. The van der Waals surface area contributed by atoms with Crippen LogP contribution in [0.3, 0.4) is 0 Å². The van der Waals surface area contributed by atoms with E-state index >= 15 is 0 Å². The summed E-state index contributed by atoms with van der Waals surface area (Å²) in [5.74, 6) is -0.139. The normalized spacial score (nSPS) is 19.6. The third-order valence-electron chi connectivity index (χ3n) is 4.42. The quantitative estimate of drug-likeness (QED) is 0.686. The first-order valence-electron chi connectivity index (χ1n) is 7.67. The highest BCUT2D eigenvalue weighted by Crippen LogP contribution is 2.24. The van der Waals surface area contributed by atoms with Gasteiger partial charge in [-0.25, -0.2) is 0 Å². The molecular weight excluding hydrogens is 240 g/mol. The molecule has 4 heteroatoms. The maximum Gasteiger partial charge on any atom is 0.326 e. The summed E-state index contributed by atoms with van der Waals surface area (Å²) < 4.78 is 5.17. The lowest BCUT2D eigenvalue weighted by Gasteiger charge is -2.32. The summed E-state index contributed by atoms with van der Waals surface area (Å²) in [6, 6.07) is 0.716. The van der Waals surface area contributed by atoms with Gasteiger partial charge in [-0.05, 0) is 46.7 Å². The van der Waals surface area contributed by atoms with Crippen molar-refractivity contribution >= 4 is 5.97 Å². The molecule has 1 N–H and O–H groups in total. The smallest absolute Gasteiger partial charge is 0.326 e. The number of hydrogen-bond acceptors (Lipinski definition) is 4. The van der Waals surface area contributed by atoms with Crippen LogP contribution in [-0.2, 0) is 9.53 Å². The molecule has 0 radical (unpaired) electrons. The number of nitrogens with zero attached hydrogens (tertiary/aromatic N) is 1. The van der Waals surface area contributed by atoms with E-state index in [4.69, 9.17) is 4.74 Å². The second kappa shape index (κ2) is 7.85. The van der Waals surface area contributed by atoms with E-state index in [1.165, 1.54) is 25.7 Å². The van der Waals surface area contributed by atoms with Crippen molar-refractivity contribution in [2.45, 2.75) is 64.5 Å². The summed E-state index contributed by atoms with van der Waals surface area (Å²) in [6.45, 7) is 8.46. The van der Waals surface area contributed by atoms with Crippen molar-refractivity contribution in [2.75, 3.05) is 26.7 Å².